The summed E-state index contributed by atoms with van der Waals surface area (Å²) >= 11 is 3.35. The van der Waals surface area contributed by atoms with Crippen molar-refractivity contribution in [1.29, 1.82) is 0 Å². The fraction of sp³-hybridized carbons (Fsp3) is 0.250. The van der Waals surface area contributed by atoms with Crippen molar-refractivity contribution in [3.63, 3.8) is 0 Å². The van der Waals surface area contributed by atoms with Gasteiger partial charge in [0.1, 0.15) is 0 Å². The zero-order valence-electron chi connectivity index (χ0n) is 9.72. The van der Waals surface area contributed by atoms with Crippen molar-refractivity contribution in [2.24, 2.45) is 0 Å². The van der Waals surface area contributed by atoms with E-state index in [1.807, 2.05) is 26.0 Å². The van der Waals surface area contributed by atoms with Crippen LogP contribution in [0.25, 0.3) is 5.69 Å². The highest BCUT2D eigenvalue weighted by Crippen LogP contribution is 2.29. The summed E-state index contributed by atoms with van der Waals surface area (Å²) in [6.45, 7) is 3.67. The number of alkyl halides is 3. The van der Waals surface area contributed by atoms with Gasteiger partial charge in [-0.1, -0.05) is 15.9 Å². The minimum Gasteiger partial charge on any atom is -0.240 e. The molecule has 6 heteroatoms. The lowest BCUT2D eigenvalue weighted by molar-refractivity contribution is -0.141. The van der Waals surface area contributed by atoms with Gasteiger partial charge in [0.05, 0.1) is 5.69 Å². The van der Waals surface area contributed by atoms with Gasteiger partial charge in [-0.3, -0.25) is 0 Å². The molecular formula is C12H10BrF3N2. The first-order chi connectivity index (χ1) is 8.29. The largest absolute Gasteiger partial charge is 0.435 e. The molecule has 0 saturated heterocycles. The van der Waals surface area contributed by atoms with E-state index in [0.717, 1.165) is 21.7 Å². The molecule has 18 heavy (non-hydrogen) atoms. The highest BCUT2D eigenvalue weighted by atomic mass is 79.9. The summed E-state index contributed by atoms with van der Waals surface area (Å²) in [5.41, 5.74) is 1.51. The van der Waals surface area contributed by atoms with Crippen LogP contribution in [0.4, 0.5) is 13.2 Å². The predicted molar refractivity (Wildman–Crippen MR) is 65.7 cm³/mol. The molecule has 0 saturated carbocycles. The number of rotatable bonds is 1. The fourth-order valence-electron chi connectivity index (χ4n) is 1.86. The lowest BCUT2D eigenvalue weighted by Crippen LogP contribution is -2.08. The number of benzene rings is 1. The average Bonchev–Trinajstić information content (AvgIpc) is 2.64. The van der Waals surface area contributed by atoms with Gasteiger partial charge in [-0.15, -0.1) is 0 Å². The number of aryl methyl sites for hydroxylation is 2. The maximum Gasteiger partial charge on any atom is 0.435 e. The molecule has 0 atom stereocenters. The van der Waals surface area contributed by atoms with Crippen molar-refractivity contribution < 1.29 is 13.2 Å². The van der Waals surface area contributed by atoms with Crippen LogP contribution in [0.5, 0.6) is 0 Å². The van der Waals surface area contributed by atoms with E-state index in [0.29, 0.717) is 5.69 Å². The summed E-state index contributed by atoms with van der Waals surface area (Å²) in [5.74, 6) is 0. The third-order valence-electron chi connectivity index (χ3n) is 2.56. The second kappa shape index (κ2) is 4.42. The van der Waals surface area contributed by atoms with Crippen LogP contribution in [-0.2, 0) is 6.18 Å². The summed E-state index contributed by atoms with van der Waals surface area (Å²) in [6.07, 6.45) is -3.09. The van der Waals surface area contributed by atoms with Crippen molar-refractivity contribution in [3.8, 4) is 5.69 Å². The molecule has 1 aromatic carbocycles. The minimum absolute atomic E-state index is 0.675. The molecule has 0 aliphatic carbocycles. The topological polar surface area (TPSA) is 17.8 Å². The van der Waals surface area contributed by atoms with E-state index in [1.165, 1.54) is 10.9 Å². The molecule has 96 valence electrons. The highest BCUT2D eigenvalue weighted by Gasteiger charge is 2.33. The van der Waals surface area contributed by atoms with Gasteiger partial charge in [0.2, 0.25) is 0 Å². The van der Waals surface area contributed by atoms with Crippen LogP contribution >= 0.6 is 15.9 Å². The molecule has 2 nitrogen and oxygen atoms in total. The number of halogens is 4. The normalized spacial score (nSPS) is 11.9. The lowest BCUT2D eigenvalue weighted by Gasteiger charge is -2.10. The molecule has 0 spiro atoms. The van der Waals surface area contributed by atoms with Crippen LogP contribution in [0.1, 0.15) is 16.8 Å². The quantitative estimate of drug-likeness (QED) is 0.767. The van der Waals surface area contributed by atoms with E-state index < -0.39 is 11.9 Å². The van der Waals surface area contributed by atoms with Crippen LogP contribution in [0.2, 0.25) is 0 Å². The van der Waals surface area contributed by atoms with E-state index >= 15 is 0 Å². The number of nitrogens with zero attached hydrogens (tertiary/aromatic N) is 2. The molecule has 0 bridgehead atoms. The Bertz CT molecular complexity index is 564. The summed E-state index contributed by atoms with van der Waals surface area (Å²) < 4.78 is 39.7. The Morgan fingerprint density at radius 1 is 1.17 bits per heavy atom. The molecule has 0 amide bonds. The summed E-state index contributed by atoms with van der Waals surface area (Å²) in [5, 5.41) is 3.58. The number of hydrogen-bond acceptors (Lipinski definition) is 1. The Morgan fingerprint density at radius 3 is 2.17 bits per heavy atom. The monoisotopic (exact) mass is 318 g/mol. The first kappa shape index (κ1) is 13.1. The van der Waals surface area contributed by atoms with Crippen molar-refractivity contribution >= 4 is 15.9 Å². The van der Waals surface area contributed by atoms with Gasteiger partial charge in [-0.25, -0.2) is 4.68 Å². The van der Waals surface area contributed by atoms with Crippen LogP contribution in [0.3, 0.4) is 0 Å². The Hall–Kier alpha value is -1.30. The molecule has 1 aromatic heterocycles. The molecule has 0 radical (unpaired) electrons. The smallest absolute Gasteiger partial charge is 0.240 e. The van der Waals surface area contributed by atoms with E-state index in [9.17, 15) is 13.2 Å². The van der Waals surface area contributed by atoms with E-state index in [1.54, 1.807) is 0 Å². The van der Waals surface area contributed by atoms with Gasteiger partial charge in [0, 0.05) is 10.7 Å². The van der Waals surface area contributed by atoms with Crippen LogP contribution in [-0.4, -0.2) is 9.78 Å². The first-order valence-corrected chi connectivity index (χ1v) is 5.98. The van der Waals surface area contributed by atoms with Gasteiger partial charge in [0.15, 0.2) is 5.69 Å². The molecule has 0 aliphatic heterocycles. The molecule has 0 fully saturated rings. The summed E-state index contributed by atoms with van der Waals surface area (Å²) in [4.78, 5) is 0. The van der Waals surface area contributed by atoms with Crippen LogP contribution in [0.15, 0.2) is 28.9 Å². The second-order valence-corrected chi connectivity index (χ2v) is 4.95. The molecule has 2 rings (SSSR count). The molecule has 2 aromatic rings. The zero-order valence-corrected chi connectivity index (χ0v) is 11.3. The van der Waals surface area contributed by atoms with Crippen molar-refractivity contribution in [2.45, 2.75) is 20.0 Å². The highest BCUT2D eigenvalue weighted by molar-refractivity contribution is 9.10. The Balaban J connectivity index is 2.53. The third-order valence-corrected chi connectivity index (χ3v) is 3.02. The third kappa shape index (κ3) is 2.43. The van der Waals surface area contributed by atoms with Crippen molar-refractivity contribution in [1.82, 2.24) is 9.78 Å². The van der Waals surface area contributed by atoms with Gasteiger partial charge in [-0.2, -0.15) is 18.3 Å². The van der Waals surface area contributed by atoms with E-state index in [-0.39, 0.29) is 0 Å². The maximum absolute atomic E-state index is 12.5. The molecule has 1 heterocycles. The van der Waals surface area contributed by atoms with Crippen molar-refractivity contribution in [2.75, 3.05) is 0 Å². The first-order valence-electron chi connectivity index (χ1n) is 5.19. The predicted octanol–water partition coefficient (Wildman–Crippen LogP) is 4.27. The fourth-order valence-corrected chi connectivity index (χ4v) is 2.55. The minimum atomic E-state index is -4.41. The van der Waals surface area contributed by atoms with Crippen molar-refractivity contribution in [3.05, 3.63) is 45.7 Å². The van der Waals surface area contributed by atoms with Crippen LogP contribution < -0.4 is 0 Å². The Kier molecular flexibility index (Phi) is 3.23. The maximum atomic E-state index is 12.5. The van der Waals surface area contributed by atoms with Gasteiger partial charge in [0.25, 0.3) is 0 Å². The summed E-state index contributed by atoms with van der Waals surface area (Å²) in [7, 11) is 0. The molecule has 0 N–H and O–H groups in total. The molecule has 0 unspecified atom stereocenters. The van der Waals surface area contributed by atoms with Gasteiger partial charge >= 0.3 is 6.18 Å². The molecular weight excluding hydrogens is 309 g/mol. The Morgan fingerprint density at radius 2 is 1.72 bits per heavy atom. The van der Waals surface area contributed by atoms with E-state index in [2.05, 4.69) is 21.0 Å². The summed E-state index contributed by atoms with van der Waals surface area (Å²) in [6, 6.07) is 4.66. The number of aromatic nitrogens is 2. The van der Waals surface area contributed by atoms with Crippen LogP contribution in [0, 0.1) is 13.8 Å². The average molecular weight is 319 g/mol. The zero-order chi connectivity index (χ0) is 13.5. The second-order valence-electron chi connectivity index (χ2n) is 4.03. The van der Waals surface area contributed by atoms with E-state index in [4.69, 9.17) is 0 Å². The SMILES string of the molecule is Cc1cc(Br)cc(C)c1-n1ccc(C(F)(F)F)n1. The number of hydrogen-bond donors (Lipinski definition) is 0. The lowest BCUT2D eigenvalue weighted by atomic mass is 10.1. The molecule has 0 aliphatic rings. The van der Waals surface area contributed by atoms with Gasteiger partial charge < -0.3 is 0 Å². The standard InChI is InChI=1S/C12H10BrF3N2/c1-7-5-9(13)6-8(2)11(7)18-4-3-10(17-18)12(14,15)16/h3-6H,1-2H3. The Labute approximate surface area is 111 Å². The van der Waals surface area contributed by atoms with Gasteiger partial charge in [-0.05, 0) is 43.2 Å².